The smallest absolute Gasteiger partial charge is 0.265 e. The summed E-state index contributed by atoms with van der Waals surface area (Å²) < 4.78 is 29.9. The fourth-order valence-electron chi connectivity index (χ4n) is 1.31. The summed E-state index contributed by atoms with van der Waals surface area (Å²) in [6, 6.07) is 5.24. The van der Waals surface area contributed by atoms with Gasteiger partial charge in [-0.1, -0.05) is 0 Å². The molecule has 0 saturated carbocycles. The molecule has 8 heteroatoms. The van der Waals surface area contributed by atoms with E-state index in [1.54, 1.807) is 25.2 Å². The number of nitrogens with zero attached hydrogens (tertiary/aromatic N) is 2. The lowest BCUT2D eigenvalue weighted by Gasteiger charge is -2.07. The van der Waals surface area contributed by atoms with E-state index in [0.29, 0.717) is 5.69 Å². The Balaban J connectivity index is 2.30. The van der Waals surface area contributed by atoms with Crippen LogP contribution in [0.25, 0.3) is 0 Å². The molecule has 0 saturated heterocycles. The monoisotopic (exact) mass is 441 g/mol. The van der Waals surface area contributed by atoms with Crippen LogP contribution in [0.15, 0.2) is 40.0 Å². The molecule has 2 aromatic rings. The molecule has 0 unspecified atom stereocenters. The molecule has 1 N–H and O–H groups in total. The zero-order valence-corrected chi connectivity index (χ0v) is 13.8. The standard InChI is InChI=1S/C10H9BrIN3O2S/c1-15-6-8(5-13-15)18(16,17)14-7-2-3-9(11)10(12)4-7/h2-6,14H,1H3. The summed E-state index contributed by atoms with van der Waals surface area (Å²) in [6.45, 7) is 0. The molecule has 1 heterocycles. The summed E-state index contributed by atoms with van der Waals surface area (Å²) in [7, 11) is -1.91. The molecule has 0 aliphatic rings. The van der Waals surface area contributed by atoms with Gasteiger partial charge in [0.25, 0.3) is 10.0 Å². The quantitative estimate of drug-likeness (QED) is 0.744. The molecule has 1 aromatic heterocycles. The first-order chi connectivity index (χ1) is 8.38. The van der Waals surface area contributed by atoms with E-state index in [2.05, 4.69) is 48.3 Å². The van der Waals surface area contributed by atoms with E-state index in [1.807, 2.05) is 0 Å². The number of benzene rings is 1. The minimum atomic E-state index is -3.57. The summed E-state index contributed by atoms with van der Waals surface area (Å²) in [5.41, 5.74) is 0.520. The molecule has 2 rings (SSSR count). The molecule has 0 spiro atoms. The molecule has 0 atom stereocenters. The number of aromatic nitrogens is 2. The number of halogens is 2. The third-order valence-corrected chi connectivity index (χ3v) is 5.82. The number of rotatable bonds is 3. The molecule has 0 fully saturated rings. The predicted octanol–water partition coefficient (Wildman–Crippen LogP) is 2.59. The van der Waals surface area contributed by atoms with Crippen LogP contribution in [0.4, 0.5) is 5.69 Å². The maximum Gasteiger partial charge on any atom is 0.265 e. The Morgan fingerprint density at radius 1 is 1.44 bits per heavy atom. The third-order valence-electron chi connectivity index (χ3n) is 2.16. The fraction of sp³-hybridized carbons (Fsp3) is 0.100. The first-order valence-corrected chi connectivity index (χ1v) is 8.20. The molecular weight excluding hydrogens is 433 g/mol. The van der Waals surface area contributed by atoms with E-state index >= 15 is 0 Å². The summed E-state index contributed by atoms with van der Waals surface area (Å²) in [4.78, 5) is 0.142. The highest BCUT2D eigenvalue weighted by atomic mass is 127. The van der Waals surface area contributed by atoms with E-state index < -0.39 is 10.0 Å². The van der Waals surface area contributed by atoms with Crippen LogP contribution in [-0.4, -0.2) is 18.2 Å². The fourth-order valence-corrected chi connectivity index (χ4v) is 3.11. The van der Waals surface area contributed by atoms with E-state index in [0.717, 1.165) is 8.04 Å². The van der Waals surface area contributed by atoms with Gasteiger partial charge in [0.1, 0.15) is 4.90 Å². The molecular formula is C10H9BrIN3O2S. The number of anilines is 1. The van der Waals surface area contributed by atoms with Crippen LogP contribution in [0.1, 0.15) is 0 Å². The lowest BCUT2D eigenvalue weighted by molar-refractivity contribution is 0.601. The van der Waals surface area contributed by atoms with Gasteiger partial charge in [-0.05, 0) is 56.7 Å². The van der Waals surface area contributed by atoms with E-state index in [9.17, 15) is 8.42 Å². The lowest BCUT2D eigenvalue weighted by atomic mass is 10.3. The van der Waals surface area contributed by atoms with Crippen LogP contribution in [-0.2, 0) is 17.1 Å². The number of nitrogens with one attached hydrogen (secondary N) is 1. The highest BCUT2D eigenvalue weighted by molar-refractivity contribution is 14.1. The van der Waals surface area contributed by atoms with Gasteiger partial charge in [0.15, 0.2) is 0 Å². The van der Waals surface area contributed by atoms with Crippen molar-refractivity contribution in [2.24, 2.45) is 7.05 Å². The van der Waals surface area contributed by atoms with Crippen LogP contribution < -0.4 is 4.72 Å². The van der Waals surface area contributed by atoms with Crippen LogP contribution in [0, 0.1) is 3.57 Å². The second kappa shape index (κ2) is 5.17. The summed E-state index contributed by atoms with van der Waals surface area (Å²) in [6.07, 6.45) is 2.76. The second-order valence-electron chi connectivity index (χ2n) is 3.58. The Hall–Kier alpha value is -0.610. The molecule has 18 heavy (non-hydrogen) atoms. The van der Waals surface area contributed by atoms with Gasteiger partial charge >= 0.3 is 0 Å². The van der Waals surface area contributed by atoms with E-state index in [1.165, 1.54) is 17.1 Å². The summed E-state index contributed by atoms with van der Waals surface area (Å²) >= 11 is 5.48. The van der Waals surface area contributed by atoms with Crippen LogP contribution in [0.2, 0.25) is 0 Å². The van der Waals surface area contributed by atoms with Crippen molar-refractivity contribution >= 4 is 54.2 Å². The van der Waals surface area contributed by atoms with Crippen molar-refractivity contribution in [2.45, 2.75) is 4.90 Å². The van der Waals surface area contributed by atoms with Crippen molar-refractivity contribution in [3.8, 4) is 0 Å². The van der Waals surface area contributed by atoms with Gasteiger partial charge in [-0.25, -0.2) is 8.42 Å². The molecule has 1 aromatic carbocycles. The lowest BCUT2D eigenvalue weighted by Crippen LogP contribution is -2.12. The zero-order valence-electron chi connectivity index (χ0n) is 9.26. The van der Waals surface area contributed by atoms with Crippen LogP contribution >= 0.6 is 38.5 Å². The highest BCUT2D eigenvalue weighted by Gasteiger charge is 2.16. The van der Waals surface area contributed by atoms with Crippen molar-refractivity contribution in [2.75, 3.05) is 4.72 Å². The third kappa shape index (κ3) is 3.04. The van der Waals surface area contributed by atoms with E-state index in [4.69, 9.17) is 0 Å². The Labute approximate surface area is 127 Å². The van der Waals surface area contributed by atoms with Gasteiger partial charge < -0.3 is 0 Å². The number of aryl methyl sites for hydroxylation is 1. The Bertz CT molecular complexity index is 684. The average Bonchev–Trinajstić information content (AvgIpc) is 2.71. The van der Waals surface area contributed by atoms with Gasteiger partial charge in [-0.2, -0.15) is 5.10 Å². The first-order valence-electron chi connectivity index (χ1n) is 4.85. The van der Waals surface area contributed by atoms with Crippen LogP contribution in [0.3, 0.4) is 0 Å². The van der Waals surface area contributed by atoms with Gasteiger partial charge in [-0.3, -0.25) is 9.40 Å². The van der Waals surface area contributed by atoms with Gasteiger partial charge in [0, 0.05) is 27.0 Å². The van der Waals surface area contributed by atoms with Crippen LogP contribution in [0.5, 0.6) is 0 Å². The Morgan fingerprint density at radius 3 is 2.72 bits per heavy atom. The topological polar surface area (TPSA) is 64.0 Å². The molecule has 0 radical (unpaired) electrons. The molecule has 0 aliphatic heterocycles. The predicted molar refractivity (Wildman–Crippen MR) is 80.9 cm³/mol. The maximum atomic E-state index is 12.0. The van der Waals surface area contributed by atoms with Crippen molar-refractivity contribution in [3.05, 3.63) is 38.6 Å². The maximum absolute atomic E-state index is 12.0. The van der Waals surface area contributed by atoms with Crippen molar-refractivity contribution < 1.29 is 8.42 Å². The zero-order chi connectivity index (χ0) is 13.3. The van der Waals surface area contributed by atoms with E-state index in [-0.39, 0.29) is 4.90 Å². The highest BCUT2D eigenvalue weighted by Crippen LogP contribution is 2.24. The average molecular weight is 442 g/mol. The number of sulfonamides is 1. The number of hydrogen-bond donors (Lipinski definition) is 1. The van der Waals surface area contributed by atoms with Crippen molar-refractivity contribution in [1.82, 2.24) is 9.78 Å². The van der Waals surface area contributed by atoms with Gasteiger partial charge in [0.05, 0.1) is 6.20 Å². The van der Waals surface area contributed by atoms with Crippen molar-refractivity contribution in [3.63, 3.8) is 0 Å². The minimum Gasteiger partial charge on any atom is -0.279 e. The minimum absolute atomic E-state index is 0.142. The Morgan fingerprint density at radius 2 is 2.17 bits per heavy atom. The first kappa shape index (κ1) is 13.8. The van der Waals surface area contributed by atoms with Crippen molar-refractivity contribution in [1.29, 1.82) is 0 Å². The molecule has 96 valence electrons. The Kier molecular flexibility index (Phi) is 3.97. The number of hydrogen-bond acceptors (Lipinski definition) is 3. The molecule has 0 amide bonds. The largest absolute Gasteiger partial charge is 0.279 e. The molecule has 5 nitrogen and oxygen atoms in total. The summed E-state index contributed by atoms with van der Waals surface area (Å²) in [5.74, 6) is 0. The molecule has 0 bridgehead atoms. The summed E-state index contributed by atoms with van der Waals surface area (Å²) in [5, 5.41) is 3.84. The SMILES string of the molecule is Cn1cc(S(=O)(=O)Nc2ccc(Br)c(I)c2)cn1. The second-order valence-corrected chi connectivity index (χ2v) is 7.28. The molecule has 0 aliphatic carbocycles. The van der Waals surface area contributed by atoms with Gasteiger partial charge in [-0.15, -0.1) is 0 Å². The normalized spacial score (nSPS) is 11.5. The van der Waals surface area contributed by atoms with Gasteiger partial charge in [0.2, 0.25) is 0 Å².